The van der Waals surface area contributed by atoms with E-state index in [0.717, 1.165) is 6.20 Å². The second kappa shape index (κ2) is 6.71. The summed E-state index contributed by atoms with van der Waals surface area (Å²) in [5.41, 5.74) is -0.341. The SMILES string of the molecule is CCNc1ncc([N+](=O)[O-])c(N(CC#N)CC#N)n1. The number of rotatable bonds is 6. The first kappa shape index (κ1) is 14.1. The molecule has 0 aliphatic carbocycles. The third kappa shape index (κ3) is 3.51. The highest BCUT2D eigenvalue weighted by atomic mass is 16.6. The van der Waals surface area contributed by atoms with Gasteiger partial charge in [-0.15, -0.1) is 0 Å². The first-order chi connectivity index (χ1) is 9.13. The van der Waals surface area contributed by atoms with Crippen LogP contribution in [-0.2, 0) is 0 Å². The average Bonchev–Trinajstić information content (AvgIpc) is 2.38. The maximum Gasteiger partial charge on any atom is 0.329 e. The lowest BCUT2D eigenvalue weighted by molar-refractivity contribution is -0.384. The van der Waals surface area contributed by atoms with Crippen LogP contribution in [0.4, 0.5) is 17.5 Å². The van der Waals surface area contributed by atoms with Crippen molar-refractivity contribution in [1.29, 1.82) is 10.5 Å². The predicted octanol–water partition coefficient (Wildman–Crippen LogP) is 0.670. The van der Waals surface area contributed by atoms with Gasteiger partial charge in [0.2, 0.25) is 11.8 Å². The minimum Gasteiger partial charge on any atom is -0.354 e. The van der Waals surface area contributed by atoms with Crippen LogP contribution in [0.3, 0.4) is 0 Å². The number of hydrogen-bond acceptors (Lipinski definition) is 8. The van der Waals surface area contributed by atoms with Gasteiger partial charge in [0.1, 0.15) is 19.3 Å². The second-order valence-corrected chi connectivity index (χ2v) is 3.36. The summed E-state index contributed by atoms with van der Waals surface area (Å²) in [5, 5.41) is 31.1. The first-order valence-electron chi connectivity index (χ1n) is 5.38. The van der Waals surface area contributed by atoms with Gasteiger partial charge < -0.3 is 10.2 Å². The Bertz CT molecular complexity index is 530. The number of aromatic nitrogens is 2. The predicted molar refractivity (Wildman–Crippen MR) is 66.3 cm³/mol. The summed E-state index contributed by atoms with van der Waals surface area (Å²) in [5.74, 6) is 0.169. The molecule has 0 spiro atoms. The van der Waals surface area contributed by atoms with Crippen LogP contribution in [0.25, 0.3) is 0 Å². The molecule has 1 aromatic rings. The molecule has 0 radical (unpaired) electrons. The maximum absolute atomic E-state index is 10.9. The van der Waals surface area contributed by atoms with Crippen LogP contribution >= 0.6 is 0 Å². The Hall–Kier alpha value is -2.94. The Morgan fingerprint density at radius 3 is 2.58 bits per heavy atom. The van der Waals surface area contributed by atoms with E-state index in [1.165, 1.54) is 4.90 Å². The molecule has 0 saturated carbocycles. The number of anilines is 2. The van der Waals surface area contributed by atoms with Gasteiger partial charge in [-0.25, -0.2) is 4.98 Å². The van der Waals surface area contributed by atoms with Crippen LogP contribution in [0.5, 0.6) is 0 Å². The second-order valence-electron chi connectivity index (χ2n) is 3.36. The Morgan fingerprint density at radius 2 is 2.11 bits per heavy atom. The van der Waals surface area contributed by atoms with Crippen LogP contribution in [0.15, 0.2) is 6.20 Å². The Balaban J connectivity index is 3.26. The summed E-state index contributed by atoms with van der Waals surface area (Å²) in [7, 11) is 0. The molecule has 1 heterocycles. The van der Waals surface area contributed by atoms with Gasteiger partial charge in [-0.2, -0.15) is 15.5 Å². The van der Waals surface area contributed by atoms with E-state index < -0.39 is 4.92 Å². The molecule has 0 saturated heterocycles. The van der Waals surface area contributed by atoms with E-state index in [1.807, 2.05) is 19.1 Å². The fourth-order valence-electron chi connectivity index (χ4n) is 1.35. The van der Waals surface area contributed by atoms with E-state index in [-0.39, 0.29) is 30.5 Å². The molecule has 98 valence electrons. The van der Waals surface area contributed by atoms with Gasteiger partial charge in [0.25, 0.3) is 0 Å². The molecule has 9 nitrogen and oxygen atoms in total. The van der Waals surface area contributed by atoms with Gasteiger partial charge in [0.05, 0.1) is 17.1 Å². The van der Waals surface area contributed by atoms with Crippen LogP contribution in [0.2, 0.25) is 0 Å². The van der Waals surface area contributed by atoms with Gasteiger partial charge in [-0.05, 0) is 6.92 Å². The lowest BCUT2D eigenvalue weighted by Crippen LogP contribution is -2.26. The molecule has 1 aromatic heterocycles. The molecule has 0 amide bonds. The lowest BCUT2D eigenvalue weighted by Gasteiger charge is -2.16. The topological polar surface area (TPSA) is 132 Å². The zero-order valence-electron chi connectivity index (χ0n) is 10.2. The van der Waals surface area contributed by atoms with Crippen molar-refractivity contribution >= 4 is 17.5 Å². The van der Waals surface area contributed by atoms with Gasteiger partial charge in [0, 0.05) is 6.54 Å². The Kier molecular flexibility index (Phi) is 4.99. The standard InChI is InChI=1S/C10H11N7O2/c1-2-13-10-14-7-8(17(18)19)9(15-10)16(5-3-11)6-4-12/h7H,2,5-6H2,1H3,(H,13,14,15). The molecule has 0 fully saturated rings. The van der Waals surface area contributed by atoms with E-state index in [1.54, 1.807) is 0 Å². The molecule has 0 aliphatic heterocycles. The summed E-state index contributed by atoms with van der Waals surface area (Å²) in [6.07, 6.45) is 1.06. The average molecular weight is 261 g/mol. The van der Waals surface area contributed by atoms with Gasteiger partial charge in [-0.3, -0.25) is 10.1 Å². The van der Waals surface area contributed by atoms with E-state index in [0.29, 0.717) is 6.54 Å². The lowest BCUT2D eigenvalue weighted by atomic mass is 10.4. The zero-order chi connectivity index (χ0) is 14.3. The summed E-state index contributed by atoms with van der Waals surface area (Å²) in [6, 6.07) is 3.68. The summed E-state index contributed by atoms with van der Waals surface area (Å²) in [4.78, 5) is 19.3. The van der Waals surface area contributed by atoms with Crippen LogP contribution in [0.1, 0.15) is 6.92 Å². The van der Waals surface area contributed by atoms with Crippen molar-refractivity contribution in [1.82, 2.24) is 9.97 Å². The third-order valence-electron chi connectivity index (χ3n) is 2.10. The molecule has 9 heteroatoms. The maximum atomic E-state index is 10.9. The number of hydrogen-bond donors (Lipinski definition) is 1. The zero-order valence-corrected chi connectivity index (χ0v) is 10.2. The number of nitro groups is 1. The summed E-state index contributed by atoms with van der Waals surface area (Å²) >= 11 is 0. The van der Waals surface area contributed by atoms with Crippen molar-refractivity contribution < 1.29 is 4.92 Å². The molecule has 19 heavy (non-hydrogen) atoms. The molecule has 1 N–H and O–H groups in total. The van der Waals surface area contributed by atoms with E-state index in [9.17, 15) is 10.1 Å². The van der Waals surface area contributed by atoms with Gasteiger partial charge in [0.15, 0.2) is 0 Å². The van der Waals surface area contributed by atoms with E-state index in [4.69, 9.17) is 10.5 Å². The monoisotopic (exact) mass is 261 g/mol. The van der Waals surface area contributed by atoms with E-state index >= 15 is 0 Å². The fraction of sp³-hybridized carbons (Fsp3) is 0.400. The van der Waals surface area contributed by atoms with Crippen molar-refractivity contribution in [3.8, 4) is 12.1 Å². The normalized spacial score (nSPS) is 9.21. The molecule has 0 bridgehead atoms. The quantitative estimate of drug-likeness (QED) is 0.449. The number of nitriles is 2. The minimum absolute atomic E-state index is 0.0425. The van der Waals surface area contributed by atoms with Crippen molar-refractivity contribution in [2.75, 3.05) is 29.9 Å². The highest BCUT2D eigenvalue weighted by molar-refractivity contribution is 5.59. The summed E-state index contributed by atoms with van der Waals surface area (Å²) < 4.78 is 0. The van der Waals surface area contributed by atoms with Crippen molar-refractivity contribution in [2.45, 2.75) is 6.92 Å². The minimum atomic E-state index is -0.646. The molecule has 0 aromatic carbocycles. The van der Waals surface area contributed by atoms with Crippen LogP contribution < -0.4 is 10.2 Å². The Labute approximate surface area is 109 Å². The first-order valence-corrected chi connectivity index (χ1v) is 5.38. The largest absolute Gasteiger partial charge is 0.354 e. The highest BCUT2D eigenvalue weighted by Gasteiger charge is 2.22. The van der Waals surface area contributed by atoms with Gasteiger partial charge >= 0.3 is 5.69 Å². The summed E-state index contributed by atoms with van der Waals surface area (Å²) in [6.45, 7) is 2.04. The fourth-order valence-corrected chi connectivity index (χ4v) is 1.35. The molecule has 1 rings (SSSR count). The Morgan fingerprint density at radius 1 is 1.47 bits per heavy atom. The third-order valence-corrected chi connectivity index (χ3v) is 2.10. The molecule has 0 atom stereocenters. The van der Waals surface area contributed by atoms with Crippen LogP contribution in [-0.4, -0.2) is 34.5 Å². The van der Waals surface area contributed by atoms with E-state index in [2.05, 4.69) is 15.3 Å². The van der Waals surface area contributed by atoms with Crippen molar-refractivity contribution in [3.63, 3.8) is 0 Å². The smallest absolute Gasteiger partial charge is 0.329 e. The molecular formula is C10H11N7O2. The number of nitrogens with one attached hydrogen (secondary N) is 1. The van der Waals surface area contributed by atoms with Crippen LogP contribution in [0, 0.1) is 32.8 Å². The van der Waals surface area contributed by atoms with Crippen molar-refractivity contribution in [2.24, 2.45) is 0 Å². The van der Waals surface area contributed by atoms with Crippen molar-refractivity contribution in [3.05, 3.63) is 16.3 Å². The van der Waals surface area contributed by atoms with Gasteiger partial charge in [-0.1, -0.05) is 0 Å². The molecular weight excluding hydrogens is 250 g/mol. The molecule has 0 aliphatic rings. The molecule has 0 unspecified atom stereocenters. The number of nitrogens with zero attached hydrogens (tertiary/aromatic N) is 6. The highest BCUT2D eigenvalue weighted by Crippen LogP contribution is 2.25.